The number of aliphatic imine (C=N–C) groups is 1. The normalized spacial score (nSPS) is 13.2. The van der Waals surface area contributed by atoms with E-state index >= 15 is 0 Å². The molecule has 0 aliphatic heterocycles. The molecule has 3 N–H and O–H groups in total. The quantitative estimate of drug-likeness (QED) is 0.478. The van der Waals surface area contributed by atoms with E-state index in [1.807, 2.05) is 42.5 Å². The number of rotatable bonds is 8. The summed E-state index contributed by atoms with van der Waals surface area (Å²) in [4.78, 5) is 4.25. The number of hydrogen-bond donors (Lipinski definition) is 3. The van der Waals surface area contributed by atoms with Gasteiger partial charge in [0.1, 0.15) is 0 Å². The zero-order chi connectivity index (χ0) is 19.7. The summed E-state index contributed by atoms with van der Waals surface area (Å²) in [6.07, 6.45) is 0. The molecule has 0 bridgehead atoms. The van der Waals surface area contributed by atoms with Crippen molar-refractivity contribution in [2.75, 3.05) is 20.6 Å². The van der Waals surface area contributed by atoms with E-state index in [1.54, 1.807) is 7.05 Å². The van der Waals surface area contributed by atoms with Crippen LogP contribution in [0.2, 0.25) is 0 Å². The van der Waals surface area contributed by atoms with Crippen molar-refractivity contribution in [1.29, 1.82) is 0 Å². The number of sulfonamides is 1. The van der Waals surface area contributed by atoms with E-state index in [2.05, 4.69) is 39.4 Å². The van der Waals surface area contributed by atoms with Gasteiger partial charge in [-0.3, -0.25) is 4.99 Å². The second-order valence-corrected chi connectivity index (χ2v) is 8.33. The van der Waals surface area contributed by atoms with Crippen LogP contribution in [0, 0.1) is 0 Å². The van der Waals surface area contributed by atoms with Crippen molar-refractivity contribution in [2.45, 2.75) is 25.1 Å². The number of hydrogen-bond acceptors (Lipinski definition) is 3. The monoisotopic (exact) mass is 388 g/mol. The fourth-order valence-electron chi connectivity index (χ4n) is 2.68. The summed E-state index contributed by atoms with van der Waals surface area (Å²) in [6.45, 7) is 3.50. The van der Waals surface area contributed by atoms with Crippen molar-refractivity contribution >= 4 is 16.0 Å². The maximum absolute atomic E-state index is 11.7. The molecule has 2 rings (SSSR count). The van der Waals surface area contributed by atoms with Gasteiger partial charge in [0, 0.05) is 20.1 Å². The summed E-state index contributed by atoms with van der Waals surface area (Å²) in [7, 11) is -0.118. The Balaban J connectivity index is 1.89. The summed E-state index contributed by atoms with van der Waals surface area (Å²) < 4.78 is 25.7. The maximum Gasteiger partial charge on any atom is 0.215 e. The van der Waals surface area contributed by atoms with Crippen LogP contribution in [0.5, 0.6) is 0 Å². The van der Waals surface area contributed by atoms with Gasteiger partial charge < -0.3 is 10.6 Å². The van der Waals surface area contributed by atoms with Crippen molar-refractivity contribution in [1.82, 2.24) is 15.4 Å². The molecular formula is C20H28N4O2S. The highest BCUT2D eigenvalue weighted by Gasteiger charge is 2.09. The Morgan fingerprint density at radius 3 is 2.41 bits per heavy atom. The van der Waals surface area contributed by atoms with Gasteiger partial charge in [-0.25, -0.2) is 13.1 Å². The third-order valence-electron chi connectivity index (χ3n) is 4.29. The van der Waals surface area contributed by atoms with E-state index in [1.165, 1.54) is 12.6 Å². The van der Waals surface area contributed by atoms with Gasteiger partial charge in [-0.2, -0.15) is 0 Å². The predicted molar refractivity (Wildman–Crippen MR) is 111 cm³/mol. The number of benzene rings is 2. The van der Waals surface area contributed by atoms with Crippen LogP contribution < -0.4 is 15.4 Å². The number of guanidine groups is 1. The first-order valence-electron chi connectivity index (χ1n) is 8.92. The van der Waals surface area contributed by atoms with Crippen LogP contribution in [0.3, 0.4) is 0 Å². The average molecular weight is 389 g/mol. The van der Waals surface area contributed by atoms with Crippen LogP contribution in [0.15, 0.2) is 59.6 Å². The molecule has 2 aromatic carbocycles. The first kappa shape index (κ1) is 20.9. The lowest BCUT2D eigenvalue weighted by atomic mass is 10.0. The van der Waals surface area contributed by atoms with Gasteiger partial charge in [-0.1, -0.05) is 61.5 Å². The summed E-state index contributed by atoms with van der Waals surface area (Å²) in [6, 6.07) is 17.9. The van der Waals surface area contributed by atoms with Crippen molar-refractivity contribution in [3.63, 3.8) is 0 Å². The van der Waals surface area contributed by atoms with E-state index in [0.717, 1.165) is 17.7 Å². The van der Waals surface area contributed by atoms with Crippen LogP contribution in [-0.2, 0) is 22.3 Å². The van der Waals surface area contributed by atoms with Gasteiger partial charge in [0.15, 0.2) is 5.96 Å². The SMILES string of the molecule is CN=C(NCc1cccc(CS(=O)(=O)NC)c1)NCC(C)c1ccccc1. The van der Waals surface area contributed by atoms with Crippen LogP contribution in [0.4, 0.5) is 0 Å². The van der Waals surface area contributed by atoms with Gasteiger partial charge in [0.2, 0.25) is 10.0 Å². The number of nitrogens with one attached hydrogen (secondary N) is 3. The molecule has 146 valence electrons. The lowest BCUT2D eigenvalue weighted by molar-refractivity contribution is 0.587. The van der Waals surface area contributed by atoms with Crippen molar-refractivity contribution < 1.29 is 8.42 Å². The Morgan fingerprint density at radius 2 is 1.74 bits per heavy atom. The average Bonchev–Trinajstić information content (AvgIpc) is 2.68. The second-order valence-electron chi connectivity index (χ2n) is 6.40. The largest absolute Gasteiger partial charge is 0.356 e. The van der Waals surface area contributed by atoms with Crippen LogP contribution >= 0.6 is 0 Å². The van der Waals surface area contributed by atoms with Gasteiger partial charge in [0.05, 0.1) is 5.75 Å². The topological polar surface area (TPSA) is 82.6 Å². The van der Waals surface area contributed by atoms with E-state index < -0.39 is 10.0 Å². The smallest absolute Gasteiger partial charge is 0.215 e. The van der Waals surface area contributed by atoms with Gasteiger partial charge in [-0.05, 0) is 29.7 Å². The van der Waals surface area contributed by atoms with E-state index in [-0.39, 0.29) is 5.75 Å². The minimum atomic E-state index is -3.28. The molecule has 7 heteroatoms. The lowest BCUT2D eigenvalue weighted by Gasteiger charge is -2.16. The highest BCUT2D eigenvalue weighted by atomic mass is 32.2. The highest BCUT2D eigenvalue weighted by molar-refractivity contribution is 7.88. The summed E-state index contributed by atoms with van der Waals surface area (Å²) in [5.74, 6) is 1.05. The molecular weight excluding hydrogens is 360 g/mol. The molecule has 0 aromatic heterocycles. The van der Waals surface area contributed by atoms with Crippen molar-refractivity contribution in [3.05, 3.63) is 71.3 Å². The Hall–Kier alpha value is -2.38. The standard InChI is InChI=1S/C20H28N4O2S/c1-16(19-10-5-4-6-11-19)13-23-20(21-2)24-14-17-8-7-9-18(12-17)15-27(25,26)22-3/h4-12,16,22H,13-15H2,1-3H3,(H2,21,23,24). The maximum atomic E-state index is 11.7. The van der Waals surface area contributed by atoms with E-state index in [4.69, 9.17) is 0 Å². The van der Waals surface area contributed by atoms with Crippen molar-refractivity contribution in [3.8, 4) is 0 Å². The molecule has 0 heterocycles. The second kappa shape index (κ2) is 10.1. The molecule has 27 heavy (non-hydrogen) atoms. The Bertz CT molecular complexity index is 851. The zero-order valence-corrected chi connectivity index (χ0v) is 16.9. The number of nitrogens with zero attached hydrogens (tertiary/aromatic N) is 1. The Kier molecular flexibility index (Phi) is 7.82. The van der Waals surface area contributed by atoms with E-state index in [9.17, 15) is 8.42 Å². The lowest BCUT2D eigenvalue weighted by Crippen LogP contribution is -2.38. The van der Waals surface area contributed by atoms with E-state index in [0.29, 0.717) is 18.4 Å². The molecule has 1 atom stereocenters. The molecule has 0 saturated heterocycles. The Morgan fingerprint density at radius 1 is 1.04 bits per heavy atom. The molecule has 0 aliphatic rings. The van der Waals surface area contributed by atoms with Gasteiger partial charge in [0.25, 0.3) is 0 Å². The van der Waals surface area contributed by atoms with Crippen LogP contribution in [0.1, 0.15) is 29.5 Å². The summed E-state index contributed by atoms with van der Waals surface area (Å²) in [5.41, 5.74) is 3.03. The molecule has 0 spiro atoms. The zero-order valence-electron chi connectivity index (χ0n) is 16.1. The minimum Gasteiger partial charge on any atom is -0.356 e. The molecule has 0 fully saturated rings. The van der Waals surface area contributed by atoms with Crippen LogP contribution in [0.25, 0.3) is 0 Å². The fourth-order valence-corrected chi connectivity index (χ4v) is 3.44. The molecule has 0 saturated carbocycles. The first-order valence-corrected chi connectivity index (χ1v) is 10.6. The molecule has 2 aromatic rings. The summed E-state index contributed by atoms with van der Waals surface area (Å²) >= 11 is 0. The molecule has 0 radical (unpaired) electrons. The third kappa shape index (κ3) is 7.03. The predicted octanol–water partition coefficient (Wildman–Crippen LogP) is 2.20. The molecule has 0 aliphatic carbocycles. The van der Waals surface area contributed by atoms with Gasteiger partial charge >= 0.3 is 0 Å². The first-order chi connectivity index (χ1) is 12.9. The highest BCUT2D eigenvalue weighted by Crippen LogP contribution is 2.13. The third-order valence-corrected chi connectivity index (χ3v) is 5.62. The summed E-state index contributed by atoms with van der Waals surface area (Å²) in [5, 5.41) is 6.60. The molecule has 1 unspecified atom stereocenters. The molecule has 0 amide bonds. The van der Waals surface area contributed by atoms with Crippen LogP contribution in [-0.4, -0.2) is 35.0 Å². The Labute approximate surface area is 162 Å². The van der Waals surface area contributed by atoms with Crippen molar-refractivity contribution in [2.24, 2.45) is 4.99 Å². The van der Waals surface area contributed by atoms with Gasteiger partial charge in [-0.15, -0.1) is 0 Å². The molecule has 6 nitrogen and oxygen atoms in total. The fraction of sp³-hybridized carbons (Fsp3) is 0.350. The minimum absolute atomic E-state index is 0.0289.